The van der Waals surface area contributed by atoms with Gasteiger partial charge in [-0.05, 0) is 56.8 Å². The van der Waals surface area contributed by atoms with Gasteiger partial charge >= 0.3 is 0 Å². The molecule has 98 valence electrons. The molecule has 0 aliphatic heterocycles. The third-order valence-electron chi connectivity index (χ3n) is 2.73. The van der Waals surface area contributed by atoms with Gasteiger partial charge in [0.05, 0.1) is 0 Å². The van der Waals surface area contributed by atoms with Gasteiger partial charge < -0.3 is 10.6 Å². The van der Waals surface area contributed by atoms with Crippen LogP contribution in [0.15, 0.2) is 0 Å². The summed E-state index contributed by atoms with van der Waals surface area (Å²) < 4.78 is 0. The average molecular weight is 228 g/mol. The first kappa shape index (κ1) is 15.9. The van der Waals surface area contributed by atoms with Crippen LogP contribution >= 0.6 is 0 Å². The highest BCUT2D eigenvalue weighted by atomic mass is 14.9. The third kappa shape index (κ3) is 12.0. The standard InChI is InChI=1S/C14H32N2/c1-6-15-9-7-10-16-11-8-13(2)12-14(3,4)5/h13,15-16H,6-12H2,1-5H3. The van der Waals surface area contributed by atoms with Crippen LogP contribution in [0.4, 0.5) is 0 Å². The molecule has 0 spiro atoms. The van der Waals surface area contributed by atoms with Crippen LogP contribution in [0, 0.1) is 11.3 Å². The van der Waals surface area contributed by atoms with Crippen molar-refractivity contribution in [3.8, 4) is 0 Å². The number of hydrogen-bond acceptors (Lipinski definition) is 2. The van der Waals surface area contributed by atoms with Crippen LogP contribution in [0.25, 0.3) is 0 Å². The minimum absolute atomic E-state index is 0.477. The molecular formula is C14H32N2. The van der Waals surface area contributed by atoms with E-state index < -0.39 is 0 Å². The van der Waals surface area contributed by atoms with Gasteiger partial charge in [-0.15, -0.1) is 0 Å². The smallest absolute Gasteiger partial charge is 0.00368 e. The Morgan fingerprint density at radius 1 is 1.00 bits per heavy atom. The first-order valence-corrected chi connectivity index (χ1v) is 6.87. The summed E-state index contributed by atoms with van der Waals surface area (Å²) in [5.74, 6) is 0.835. The van der Waals surface area contributed by atoms with Crippen LogP contribution in [0.3, 0.4) is 0 Å². The van der Waals surface area contributed by atoms with Gasteiger partial charge in [-0.3, -0.25) is 0 Å². The van der Waals surface area contributed by atoms with Crippen molar-refractivity contribution in [3.05, 3.63) is 0 Å². The van der Waals surface area contributed by atoms with E-state index in [2.05, 4.69) is 45.3 Å². The molecule has 0 fully saturated rings. The fourth-order valence-electron chi connectivity index (χ4n) is 2.14. The molecule has 0 saturated heterocycles. The molecule has 0 saturated carbocycles. The lowest BCUT2D eigenvalue weighted by atomic mass is 9.84. The largest absolute Gasteiger partial charge is 0.317 e. The fourth-order valence-corrected chi connectivity index (χ4v) is 2.14. The average Bonchev–Trinajstić information content (AvgIpc) is 2.13. The molecule has 0 amide bonds. The summed E-state index contributed by atoms with van der Waals surface area (Å²) in [6.45, 7) is 16.0. The molecule has 16 heavy (non-hydrogen) atoms. The van der Waals surface area contributed by atoms with Crippen molar-refractivity contribution in [2.75, 3.05) is 26.2 Å². The van der Waals surface area contributed by atoms with Gasteiger partial charge in [0.25, 0.3) is 0 Å². The Kier molecular flexibility index (Phi) is 8.96. The van der Waals surface area contributed by atoms with Gasteiger partial charge in [0, 0.05) is 0 Å². The summed E-state index contributed by atoms with van der Waals surface area (Å²) in [7, 11) is 0. The van der Waals surface area contributed by atoms with Crippen LogP contribution in [-0.4, -0.2) is 26.2 Å². The van der Waals surface area contributed by atoms with Crippen LogP contribution in [0.1, 0.15) is 53.9 Å². The van der Waals surface area contributed by atoms with E-state index in [-0.39, 0.29) is 0 Å². The van der Waals surface area contributed by atoms with Crippen LogP contribution < -0.4 is 10.6 Å². The lowest BCUT2D eigenvalue weighted by Crippen LogP contribution is -2.24. The molecule has 0 bridgehead atoms. The van der Waals surface area contributed by atoms with Crippen LogP contribution in [-0.2, 0) is 0 Å². The maximum absolute atomic E-state index is 3.52. The van der Waals surface area contributed by atoms with Crippen molar-refractivity contribution < 1.29 is 0 Å². The third-order valence-corrected chi connectivity index (χ3v) is 2.73. The van der Waals surface area contributed by atoms with E-state index in [1.54, 1.807) is 0 Å². The Balaban J connectivity index is 3.25. The molecule has 2 N–H and O–H groups in total. The molecular weight excluding hydrogens is 196 g/mol. The Bertz CT molecular complexity index is 149. The second kappa shape index (κ2) is 9.00. The van der Waals surface area contributed by atoms with E-state index in [4.69, 9.17) is 0 Å². The minimum Gasteiger partial charge on any atom is -0.317 e. The molecule has 1 unspecified atom stereocenters. The van der Waals surface area contributed by atoms with Gasteiger partial charge in [0.15, 0.2) is 0 Å². The van der Waals surface area contributed by atoms with E-state index in [9.17, 15) is 0 Å². The highest BCUT2D eigenvalue weighted by molar-refractivity contribution is 4.67. The Morgan fingerprint density at radius 3 is 2.19 bits per heavy atom. The minimum atomic E-state index is 0.477. The molecule has 2 heteroatoms. The molecule has 0 aliphatic rings. The Labute approximate surface area is 103 Å². The van der Waals surface area contributed by atoms with Crippen molar-refractivity contribution in [1.29, 1.82) is 0 Å². The van der Waals surface area contributed by atoms with Gasteiger partial charge in [0.1, 0.15) is 0 Å². The molecule has 0 aliphatic carbocycles. The normalized spacial score (nSPS) is 14.1. The van der Waals surface area contributed by atoms with E-state index in [0.29, 0.717) is 5.41 Å². The van der Waals surface area contributed by atoms with E-state index in [0.717, 1.165) is 25.6 Å². The number of nitrogens with one attached hydrogen (secondary N) is 2. The van der Waals surface area contributed by atoms with E-state index >= 15 is 0 Å². The van der Waals surface area contributed by atoms with Gasteiger partial charge in [-0.25, -0.2) is 0 Å². The molecule has 0 aromatic rings. The van der Waals surface area contributed by atoms with Crippen LogP contribution in [0.5, 0.6) is 0 Å². The van der Waals surface area contributed by atoms with Gasteiger partial charge in [0.2, 0.25) is 0 Å². The summed E-state index contributed by atoms with van der Waals surface area (Å²) in [6.07, 6.45) is 3.87. The van der Waals surface area contributed by atoms with Crippen molar-refractivity contribution in [2.45, 2.75) is 53.9 Å². The quantitative estimate of drug-likeness (QED) is 0.593. The van der Waals surface area contributed by atoms with Crippen LogP contribution in [0.2, 0.25) is 0 Å². The highest BCUT2D eigenvalue weighted by Crippen LogP contribution is 2.25. The number of rotatable bonds is 9. The summed E-state index contributed by atoms with van der Waals surface area (Å²) in [5.41, 5.74) is 0.477. The fraction of sp³-hybridized carbons (Fsp3) is 1.00. The van der Waals surface area contributed by atoms with Crippen molar-refractivity contribution in [1.82, 2.24) is 10.6 Å². The van der Waals surface area contributed by atoms with Gasteiger partial charge in [-0.1, -0.05) is 34.6 Å². The van der Waals surface area contributed by atoms with Crippen molar-refractivity contribution >= 4 is 0 Å². The van der Waals surface area contributed by atoms with E-state index in [1.165, 1.54) is 25.8 Å². The summed E-state index contributed by atoms with van der Waals surface area (Å²) in [5, 5.41) is 6.86. The molecule has 1 atom stereocenters. The zero-order valence-corrected chi connectivity index (χ0v) is 12.0. The first-order valence-electron chi connectivity index (χ1n) is 6.87. The van der Waals surface area contributed by atoms with Crippen molar-refractivity contribution in [2.24, 2.45) is 11.3 Å². The summed E-state index contributed by atoms with van der Waals surface area (Å²) >= 11 is 0. The maximum atomic E-state index is 3.52. The van der Waals surface area contributed by atoms with Gasteiger partial charge in [-0.2, -0.15) is 0 Å². The summed E-state index contributed by atoms with van der Waals surface area (Å²) in [6, 6.07) is 0. The Morgan fingerprint density at radius 2 is 1.62 bits per heavy atom. The molecule has 0 rings (SSSR count). The molecule has 0 radical (unpaired) electrons. The lowest BCUT2D eigenvalue weighted by Gasteiger charge is -2.23. The Hall–Kier alpha value is -0.0800. The second-order valence-electron chi connectivity index (χ2n) is 6.12. The monoisotopic (exact) mass is 228 g/mol. The number of hydrogen-bond donors (Lipinski definition) is 2. The molecule has 0 heterocycles. The van der Waals surface area contributed by atoms with E-state index in [1.807, 2.05) is 0 Å². The maximum Gasteiger partial charge on any atom is -0.00368 e. The zero-order valence-electron chi connectivity index (χ0n) is 12.0. The first-order chi connectivity index (χ1) is 7.45. The summed E-state index contributed by atoms with van der Waals surface area (Å²) in [4.78, 5) is 0. The van der Waals surface area contributed by atoms with Crippen molar-refractivity contribution in [3.63, 3.8) is 0 Å². The second-order valence-corrected chi connectivity index (χ2v) is 6.12. The lowest BCUT2D eigenvalue weighted by molar-refractivity contribution is 0.294. The topological polar surface area (TPSA) is 24.1 Å². The predicted octanol–water partition coefficient (Wildman–Crippen LogP) is 3.04. The predicted molar refractivity (Wildman–Crippen MR) is 73.9 cm³/mol. The molecule has 2 nitrogen and oxygen atoms in total. The SMILES string of the molecule is CCNCCCNCCC(C)CC(C)(C)C. The highest BCUT2D eigenvalue weighted by Gasteiger charge is 2.14. The molecule has 0 aromatic carbocycles. The molecule has 0 aromatic heterocycles. The zero-order chi connectivity index (χ0) is 12.4.